The van der Waals surface area contributed by atoms with E-state index in [4.69, 9.17) is 9.84 Å². The Morgan fingerprint density at radius 3 is 2.85 bits per heavy atom. The zero-order valence-electron chi connectivity index (χ0n) is 14.9. The van der Waals surface area contributed by atoms with Crippen LogP contribution >= 0.6 is 11.8 Å². The lowest BCUT2D eigenvalue weighted by atomic mass is 10.2. The van der Waals surface area contributed by atoms with Gasteiger partial charge in [-0.1, -0.05) is 12.1 Å². The number of carboxylic acids is 1. The van der Waals surface area contributed by atoms with Crippen molar-refractivity contribution >= 4 is 29.3 Å². The van der Waals surface area contributed by atoms with E-state index in [9.17, 15) is 14.4 Å². The van der Waals surface area contributed by atoms with Crippen molar-refractivity contribution in [2.45, 2.75) is 18.7 Å². The van der Waals surface area contributed by atoms with Crippen molar-refractivity contribution in [3.63, 3.8) is 0 Å². The number of carbonyl (C=O) groups is 2. The molecule has 0 saturated heterocycles. The first-order valence-electron chi connectivity index (χ1n) is 8.26. The van der Waals surface area contributed by atoms with Crippen molar-refractivity contribution in [3.05, 3.63) is 58.0 Å². The molecule has 0 saturated carbocycles. The fourth-order valence-electron chi connectivity index (χ4n) is 2.19. The number of thioether (sulfide) groups is 1. The smallest absolute Gasteiger partial charge is 0.304 e. The number of hydrogen-bond acceptors (Lipinski definition) is 6. The number of rotatable bonds is 10. The van der Waals surface area contributed by atoms with Crippen molar-refractivity contribution in [2.24, 2.45) is 0 Å². The minimum atomic E-state index is -0.817. The highest BCUT2D eigenvalue weighted by Crippen LogP contribution is 2.17. The Morgan fingerprint density at radius 1 is 1.30 bits per heavy atom. The van der Waals surface area contributed by atoms with Gasteiger partial charge >= 0.3 is 5.97 Å². The van der Waals surface area contributed by atoms with Crippen LogP contribution in [0.3, 0.4) is 0 Å². The van der Waals surface area contributed by atoms with Gasteiger partial charge in [0.25, 0.3) is 11.5 Å². The van der Waals surface area contributed by atoms with Gasteiger partial charge in [-0.05, 0) is 23.8 Å². The molecule has 8 nitrogen and oxygen atoms in total. The zero-order chi connectivity index (χ0) is 19.6. The van der Waals surface area contributed by atoms with E-state index in [1.807, 2.05) is 18.2 Å². The van der Waals surface area contributed by atoms with Crippen molar-refractivity contribution in [3.8, 4) is 0 Å². The molecular weight excluding hydrogens is 370 g/mol. The van der Waals surface area contributed by atoms with E-state index in [1.165, 1.54) is 35.7 Å². The molecule has 0 aliphatic heterocycles. The number of methoxy groups -OCH3 is 1. The van der Waals surface area contributed by atoms with Gasteiger partial charge in [0.15, 0.2) is 0 Å². The van der Waals surface area contributed by atoms with E-state index in [0.29, 0.717) is 23.8 Å². The van der Waals surface area contributed by atoms with Crippen LogP contribution in [0.5, 0.6) is 0 Å². The van der Waals surface area contributed by atoms with Gasteiger partial charge in [-0.15, -0.1) is 0 Å². The Balaban J connectivity index is 2.00. The average molecular weight is 391 g/mol. The molecule has 1 aromatic carbocycles. The summed E-state index contributed by atoms with van der Waals surface area (Å²) in [7, 11) is 1.52. The molecule has 0 atom stereocenters. The molecule has 0 fully saturated rings. The summed E-state index contributed by atoms with van der Waals surface area (Å²) < 4.78 is 6.12. The summed E-state index contributed by atoms with van der Waals surface area (Å²) >= 11 is 1.51. The summed E-state index contributed by atoms with van der Waals surface area (Å²) in [6, 6.07) is 9.98. The predicted octanol–water partition coefficient (Wildman–Crippen LogP) is 1.85. The van der Waals surface area contributed by atoms with Crippen LogP contribution in [0, 0.1) is 0 Å². The van der Waals surface area contributed by atoms with E-state index >= 15 is 0 Å². The Kier molecular flexibility index (Phi) is 8.02. The number of carbonyl (C=O) groups excluding carboxylic acids is 1. The Labute approximate surface area is 160 Å². The fraction of sp³-hybridized carbons (Fsp3) is 0.333. The molecule has 1 aromatic heterocycles. The Hall–Kier alpha value is -2.65. The Morgan fingerprint density at radius 2 is 2.11 bits per heavy atom. The van der Waals surface area contributed by atoms with Crippen molar-refractivity contribution in [1.29, 1.82) is 0 Å². The number of carboxylic acid groups (broad SMARTS) is 1. The number of aromatic nitrogens is 2. The van der Waals surface area contributed by atoms with Gasteiger partial charge in [0.05, 0.1) is 19.6 Å². The fourth-order valence-corrected chi connectivity index (χ4v) is 3.07. The maximum Gasteiger partial charge on any atom is 0.304 e. The van der Waals surface area contributed by atoms with E-state index < -0.39 is 11.9 Å². The molecule has 0 spiro atoms. The molecule has 0 aliphatic rings. The van der Waals surface area contributed by atoms with Crippen LogP contribution in [-0.4, -0.2) is 46.2 Å². The third-order valence-corrected chi connectivity index (χ3v) is 4.55. The van der Waals surface area contributed by atoms with E-state index in [1.54, 1.807) is 6.07 Å². The second kappa shape index (κ2) is 10.5. The number of anilines is 1. The van der Waals surface area contributed by atoms with Gasteiger partial charge in [0, 0.05) is 30.4 Å². The van der Waals surface area contributed by atoms with Gasteiger partial charge < -0.3 is 15.2 Å². The molecule has 1 amide bonds. The van der Waals surface area contributed by atoms with Gasteiger partial charge in [0.2, 0.25) is 0 Å². The summed E-state index contributed by atoms with van der Waals surface area (Å²) in [4.78, 5) is 34.7. The largest absolute Gasteiger partial charge is 0.481 e. The van der Waals surface area contributed by atoms with Crippen LogP contribution in [0.15, 0.2) is 41.2 Å². The third kappa shape index (κ3) is 6.87. The normalized spacial score (nSPS) is 10.6. The molecule has 2 aromatic rings. The second-order valence-corrected chi connectivity index (χ2v) is 6.73. The monoisotopic (exact) mass is 391 g/mol. The number of amides is 1. The van der Waals surface area contributed by atoms with Crippen LogP contribution in [-0.2, 0) is 21.8 Å². The summed E-state index contributed by atoms with van der Waals surface area (Å²) in [5.41, 5.74) is 1.41. The number of aliphatic carboxylic acids is 1. The molecular formula is C18H21N3O5S. The van der Waals surface area contributed by atoms with E-state index in [-0.39, 0.29) is 24.2 Å². The predicted molar refractivity (Wildman–Crippen MR) is 103 cm³/mol. The molecule has 27 heavy (non-hydrogen) atoms. The number of nitrogens with zero attached hydrogens (tertiary/aromatic N) is 2. The number of benzene rings is 1. The number of nitrogens with one attached hydrogen (secondary N) is 1. The lowest BCUT2D eigenvalue weighted by Gasteiger charge is -2.09. The minimum absolute atomic E-state index is 0.117. The number of hydrogen-bond donors (Lipinski definition) is 2. The quantitative estimate of drug-likeness (QED) is 0.595. The molecule has 1 heterocycles. The molecule has 0 aliphatic carbocycles. The Bertz CT molecular complexity index is 853. The van der Waals surface area contributed by atoms with Crippen molar-refractivity contribution in [2.75, 3.05) is 24.8 Å². The highest BCUT2D eigenvalue weighted by atomic mass is 32.2. The highest BCUT2D eigenvalue weighted by molar-refractivity contribution is 7.98. The zero-order valence-corrected chi connectivity index (χ0v) is 15.7. The maximum atomic E-state index is 12.4. The lowest BCUT2D eigenvalue weighted by molar-refractivity contribution is -0.136. The van der Waals surface area contributed by atoms with Crippen molar-refractivity contribution < 1.29 is 19.4 Å². The van der Waals surface area contributed by atoms with Crippen LogP contribution in [0.25, 0.3) is 0 Å². The molecule has 2 rings (SSSR count). The summed E-state index contributed by atoms with van der Waals surface area (Å²) in [6.07, 6.45) is 0.117. The van der Waals surface area contributed by atoms with E-state index in [2.05, 4.69) is 10.4 Å². The molecule has 0 radical (unpaired) electrons. The highest BCUT2D eigenvalue weighted by Gasteiger charge is 2.10. The first kappa shape index (κ1) is 20.7. The number of ether oxygens (including phenoxy) is 1. The molecule has 2 N–H and O–H groups in total. The van der Waals surface area contributed by atoms with E-state index in [0.717, 1.165) is 5.56 Å². The van der Waals surface area contributed by atoms with Crippen LogP contribution in [0.1, 0.15) is 22.5 Å². The van der Waals surface area contributed by atoms with Crippen LogP contribution < -0.4 is 10.9 Å². The summed E-state index contributed by atoms with van der Waals surface area (Å²) in [5, 5.41) is 15.5. The molecule has 144 valence electrons. The standard InChI is InChI=1S/C18H21N3O5S/c1-26-9-8-21-16(22)6-5-15(20-21)18(25)19-14-4-2-3-13(11-14)12-27-10-7-17(23)24/h2-6,11H,7-10,12H2,1H3,(H,19,25)(H,23,24). The van der Waals surface area contributed by atoms with Gasteiger partial charge in [-0.3, -0.25) is 14.4 Å². The van der Waals surface area contributed by atoms with Crippen LogP contribution in [0.2, 0.25) is 0 Å². The third-order valence-electron chi connectivity index (χ3n) is 3.52. The summed E-state index contributed by atoms with van der Waals surface area (Å²) in [5.74, 6) is -0.0598. The maximum absolute atomic E-state index is 12.4. The van der Waals surface area contributed by atoms with Gasteiger partial charge in [0.1, 0.15) is 5.69 Å². The summed E-state index contributed by atoms with van der Waals surface area (Å²) in [6.45, 7) is 0.582. The molecule has 0 bridgehead atoms. The first-order chi connectivity index (χ1) is 13.0. The average Bonchev–Trinajstić information content (AvgIpc) is 2.64. The SMILES string of the molecule is COCCn1nc(C(=O)Nc2cccc(CSCCC(=O)O)c2)ccc1=O. The topological polar surface area (TPSA) is 111 Å². The lowest BCUT2D eigenvalue weighted by Crippen LogP contribution is -2.27. The molecule has 9 heteroatoms. The molecule has 0 unspecified atom stereocenters. The van der Waals surface area contributed by atoms with Gasteiger partial charge in [-0.2, -0.15) is 16.9 Å². The van der Waals surface area contributed by atoms with Crippen molar-refractivity contribution in [1.82, 2.24) is 9.78 Å². The minimum Gasteiger partial charge on any atom is -0.481 e. The van der Waals surface area contributed by atoms with Gasteiger partial charge in [-0.25, -0.2) is 4.68 Å². The van der Waals surface area contributed by atoms with Crippen LogP contribution in [0.4, 0.5) is 5.69 Å². The first-order valence-corrected chi connectivity index (χ1v) is 9.42. The second-order valence-electron chi connectivity index (χ2n) is 5.62.